The Bertz CT molecular complexity index is 1660. The highest BCUT2D eigenvalue weighted by molar-refractivity contribution is 7.45. The number of unbranched alkanes of at least 4 members (excludes halogenated alkanes) is 35. The summed E-state index contributed by atoms with van der Waals surface area (Å²) in [6, 6.07) is -0.897. The molecule has 10 heteroatoms. The van der Waals surface area contributed by atoms with E-state index < -0.39 is 26.6 Å². The lowest BCUT2D eigenvalue weighted by Gasteiger charge is -2.30. The van der Waals surface area contributed by atoms with Crippen LogP contribution in [0.1, 0.15) is 303 Å². The molecule has 0 saturated carbocycles. The lowest BCUT2D eigenvalue weighted by atomic mass is 10.0. The summed E-state index contributed by atoms with van der Waals surface area (Å²) in [6.45, 7) is 6.70. The van der Waals surface area contributed by atoms with Gasteiger partial charge in [0.1, 0.15) is 19.3 Å². The molecule has 470 valence electrons. The van der Waals surface area contributed by atoms with Crippen molar-refractivity contribution in [3.05, 3.63) is 85.1 Å². The van der Waals surface area contributed by atoms with Gasteiger partial charge >= 0.3 is 5.97 Å². The Morgan fingerprint density at radius 3 is 1.31 bits per heavy atom. The van der Waals surface area contributed by atoms with Gasteiger partial charge in [-0.1, -0.05) is 286 Å². The number of nitrogens with zero attached hydrogens (tertiary/aromatic N) is 1. The zero-order valence-corrected chi connectivity index (χ0v) is 54.6. The van der Waals surface area contributed by atoms with Gasteiger partial charge in [0.25, 0.3) is 7.82 Å². The molecule has 1 amide bonds. The first-order chi connectivity index (χ1) is 39.4. The SMILES string of the molecule is CC/C=C/C=C/C=C/CCCCCCCCCC(=O)OC(/C=C\CCCCCCCCCCCCC)C(COP(=O)([O-])OCC[N+](C)(C)C)NC(=O)CCCCCCCCCCCCCCCC/C=C\C/C=C\C/C=C\CCCCC. The van der Waals surface area contributed by atoms with E-state index >= 15 is 0 Å². The summed E-state index contributed by atoms with van der Waals surface area (Å²) in [4.78, 5) is 40.1. The second-order valence-corrected chi connectivity index (χ2v) is 25.4. The van der Waals surface area contributed by atoms with Gasteiger partial charge in [0.2, 0.25) is 5.91 Å². The van der Waals surface area contributed by atoms with Gasteiger partial charge in [-0.2, -0.15) is 0 Å². The molecule has 0 rings (SSSR count). The Labute approximate surface area is 501 Å². The molecule has 0 bridgehead atoms. The van der Waals surface area contributed by atoms with Crippen molar-refractivity contribution >= 4 is 19.7 Å². The van der Waals surface area contributed by atoms with E-state index in [9.17, 15) is 19.0 Å². The van der Waals surface area contributed by atoms with E-state index in [0.717, 1.165) is 89.9 Å². The summed E-state index contributed by atoms with van der Waals surface area (Å²) in [6.07, 6.45) is 79.9. The molecule has 3 unspecified atom stereocenters. The number of hydrogen-bond acceptors (Lipinski definition) is 7. The van der Waals surface area contributed by atoms with Gasteiger partial charge in [0.15, 0.2) is 0 Å². The molecular weight excluding hydrogens is 1020 g/mol. The van der Waals surface area contributed by atoms with E-state index in [0.29, 0.717) is 17.4 Å². The summed E-state index contributed by atoms with van der Waals surface area (Å²) in [5.41, 5.74) is 0. The average Bonchev–Trinajstić information content (AvgIpc) is 3.44. The van der Waals surface area contributed by atoms with Crippen molar-refractivity contribution in [2.24, 2.45) is 0 Å². The molecule has 0 aliphatic carbocycles. The van der Waals surface area contributed by atoms with Crippen LogP contribution in [0.25, 0.3) is 0 Å². The number of hydrogen-bond donors (Lipinski definition) is 1. The van der Waals surface area contributed by atoms with Crippen molar-refractivity contribution in [3.8, 4) is 0 Å². The molecule has 0 aromatic carbocycles. The third-order valence-electron chi connectivity index (χ3n) is 14.9. The van der Waals surface area contributed by atoms with Crippen LogP contribution in [-0.2, 0) is 27.9 Å². The minimum atomic E-state index is -4.71. The van der Waals surface area contributed by atoms with Crippen LogP contribution >= 0.6 is 7.82 Å². The number of allylic oxidation sites excluding steroid dienone is 13. The normalized spacial score (nSPS) is 14.1. The fraction of sp³-hybridized carbons (Fsp3) is 0.775. The predicted octanol–water partition coefficient (Wildman–Crippen LogP) is 20.7. The van der Waals surface area contributed by atoms with E-state index in [-0.39, 0.29) is 24.9 Å². The van der Waals surface area contributed by atoms with Gasteiger partial charge in [0.05, 0.1) is 33.8 Å². The summed E-state index contributed by atoms with van der Waals surface area (Å²) >= 11 is 0. The van der Waals surface area contributed by atoms with E-state index in [1.807, 2.05) is 33.3 Å². The Morgan fingerprint density at radius 1 is 0.457 bits per heavy atom. The van der Waals surface area contributed by atoms with Gasteiger partial charge in [-0.25, -0.2) is 0 Å². The van der Waals surface area contributed by atoms with Crippen LogP contribution in [0.5, 0.6) is 0 Å². The quantitative estimate of drug-likeness (QED) is 0.0161. The molecule has 0 fully saturated rings. The van der Waals surface area contributed by atoms with Crippen molar-refractivity contribution < 1.29 is 37.3 Å². The van der Waals surface area contributed by atoms with Gasteiger partial charge in [-0.15, -0.1) is 0 Å². The molecule has 0 spiro atoms. The fourth-order valence-corrected chi connectivity index (χ4v) is 10.4. The zero-order chi connectivity index (χ0) is 59.3. The van der Waals surface area contributed by atoms with Crippen LogP contribution in [-0.4, -0.2) is 69.4 Å². The van der Waals surface area contributed by atoms with Crippen LogP contribution in [0.2, 0.25) is 0 Å². The molecule has 0 aliphatic rings. The smallest absolute Gasteiger partial charge is 0.306 e. The number of phosphoric ester groups is 1. The van der Waals surface area contributed by atoms with Gasteiger partial charge in [-0.05, 0) is 89.5 Å². The fourth-order valence-electron chi connectivity index (χ4n) is 9.65. The lowest BCUT2D eigenvalue weighted by Crippen LogP contribution is -2.47. The topological polar surface area (TPSA) is 114 Å². The summed E-state index contributed by atoms with van der Waals surface area (Å²) < 4.78 is 30.4. The number of carbonyl (C=O) groups is 2. The largest absolute Gasteiger partial charge is 0.756 e. The summed E-state index contributed by atoms with van der Waals surface area (Å²) in [5.74, 6) is -0.551. The molecule has 9 nitrogen and oxygen atoms in total. The number of amides is 1. The van der Waals surface area contributed by atoms with E-state index in [4.69, 9.17) is 13.8 Å². The number of quaternary nitrogens is 1. The summed E-state index contributed by atoms with van der Waals surface area (Å²) in [7, 11) is 1.18. The first-order valence-corrected chi connectivity index (χ1v) is 35.4. The van der Waals surface area contributed by atoms with E-state index in [1.165, 1.54) is 180 Å². The second-order valence-electron chi connectivity index (χ2n) is 24.0. The molecule has 3 atom stereocenters. The number of likely N-dealkylation sites (N-methyl/N-ethyl adjacent to an activating group) is 1. The van der Waals surface area contributed by atoms with Crippen molar-refractivity contribution in [2.75, 3.05) is 40.9 Å². The van der Waals surface area contributed by atoms with Crippen LogP contribution in [0.4, 0.5) is 0 Å². The van der Waals surface area contributed by atoms with Crippen molar-refractivity contribution in [1.82, 2.24) is 5.32 Å². The number of ether oxygens (including phenoxy) is 1. The molecule has 0 aromatic heterocycles. The maximum atomic E-state index is 13.6. The van der Waals surface area contributed by atoms with Crippen LogP contribution < -0.4 is 10.2 Å². The molecule has 1 N–H and O–H groups in total. The van der Waals surface area contributed by atoms with Gasteiger partial charge < -0.3 is 28.5 Å². The van der Waals surface area contributed by atoms with Gasteiger partial charge in [-0.3, -0.25) is 14.2 Å². The molecular formula is C71H129N2O7P. The minimum absolute atomic E-state index is 0.0268. The van der Waals surface area contributed by atoms with Crippen molar-refractivity contribution in [2.45, 2.75) is 315 Å². The third-order valence-corrected chi connectivity index (χ3v) is 15.8. The first-order valence-electron chi connectivity index (χ1n) is 33.9. The van der Waals surface area contributed by atoms with Crippen LogP contribution in [0, 0.1) is 0 Å². The highest BCUT2D eigenvalue weighted by Gasteiger charge is 2.27. The van der Waals surface area contributed by atoms with Crippen LogP contribution in [0.15, 0.2) is 85.1 Å². The standard InChI is InChI=1S/C71H129N2O7P/c1-7-10-13-16-19-22-25-28-30-31-32-33-34-35-36-37-38-39-40-41-43-45-48-51-54-57-60-63-70(74)72-68(67-79-81(76,77)78-66-65-73(4,5)6)69(62-59-56-53-50-47-44-27-24-21-18-15-12-9-3)80-71(75)64-61-58-55-52-49-46-42-29-26-23-20-17-14-11-8-2/h11,14,17,19-20,22-23,26,28,30,32-33,59,62,68-69H,7-10,12-13,15-16,18,21,24-25,27,29,31,34-58,60-61,63-67H2,1-6H3,(H-,72,74,76,77)/b14-11+,20-17+,22-19-,26-23+,30-28-,33-32-,62-59-. The Balaban J connectivity index is 5.07. The first kappa shape index (κ1) is 78.2. The van der Waals surface area contributed by atoms with E-state index in [2.05, 4.69) is 99.0 Å². The number of nitrogens with one attached hydrogen (secondary N) is 1. The molecule has 0 aliphatic heterocycles. The molecule has 0 radical (unpaired) electrons. The van der Waals surface area contributed by atoms with E-state index in [1.54, 1.807) is 0 Å². The molecule has 0 saturated heterocycles. The highest BCUT2D eigenvalue weighted by atomic mass is 31.2. The van der Waals surface area contributed by atoms with Crippen LogP contribution in [0.3, 0.4) is 0 Å². The predicted molar refractivity (Wildman–Crippen MR) is 348 cm³/mol. The lowest BCUT2D eigenvalue weighted by molar-refractivity contribution is -0.870. The minimum Gasteiger partial charge on any atom is -0.756 e. The third kappa shape index (κ3) is 61.6. The number of rotatable bonds is 61. The monoisotopic (exact) mass is 1150 g/mol. The molecule has 81 heavy (non-hydrogen) atoms. The Morgan fingerprint density at radius 2 is 0.840 bits per heavy atom. The number of carbonyl (C=O) groups excluding carboxylic acids is 2. The zero-order valence-electron chi connectivity index (χ0n) is 53.7. The maximum absolute atomic E-state index is 13.6. The maximum Gasteiger partial charge on any atom is 0.306 e. The van der Waals surface area contributed by atoms with Crippen molar-refractivity contribution in [3.63, 3.8) is 0 Å². The highest BCUT2D eigenvalue weighted by Crippen LogP contribution is 2.38. The average molecular weight is 1150 g/mol. The van der Waals surface area contributed by atoms with Crippen molar-refractivity contribution in [1.29, 1.82) is 0 Å². The Hall–Kier alpha value is -2.81. The summed E-state index contributed by atoms with van der Waals surface area (Å²) in [5, 5.41) is 3.04. The molecule has 0 aromatic rings. The molecule has 0 heterocycles. The van der Waals surface area contributed by atoms with Gasteiger partial charge in [0, 0.05) is 12.8 Å². The number of esters is 1. The Kier molecular flexibility index (Phi) is 58.2. The second kappa shape index (κ2) is 60.3. The number of phosphoric acid groups is 1.